The van der Waals surface area contributed by atoms with Crippen molar-refractivity contribution in [3.8, 4) is 0 Å². The Morgan fingerprint density at radius 1 is 1.16 bits per heavy atom. The second-order valence-electron chi connectivity index (χ2n) is 7.42. The molecule has 32 heavy (non-hydrogen) atoms. The molecule has 0 saturated heterocycles. The minimum atomic E-state index is -0.144. The van der Waals surface area contributed by atoms with Crippen LogP contribution in [0.3, 0.4) is 0 Å². The number of carbonyl (C=O) groups is 1. The minimum Gasteiger partial charge on any atom is -0.323 e. The molecule has 0 bridgehead atoms. The second kappa shape index (κ2) is 8.08. The van der Waals surface area contributed by atoms with Gasteiger partial charge in [0.1, 0.15) is 5.65 Å². The Hall–Kier alpha value is -3.73. The average molecular weight is 448 g/mol. The van der Waals surface area contributed by atoms with Gasteiger partial charge in [-0.25, -0.2) is 14.5 Å². The molecule has 5 aromatic heterocycles. The van der Waals surface area contributed by atoms with E-state index in [0.717, 1.165) is 28.3 Å². The molecule has 0 radical (unpaired) electrons. The van der Waals surface area contributed by atoms with Gasteiger partial charge in [0, 0.05) is 35.5 Å². The summed E-state index contributed by atoms with van der Waals surface area (Å²) in [4.78, 5) is 26.2. The third-order valence-corrected chi connectivity index (χ3v) is 5.74. The molecule has 0 aliphatic carbocycles. The monoisotopic (exact) mass is 447 g/mol. The molecule has 162 valence electrons. The van der Waals surface area contributed by atoms with E-state index in [1.54, 1.807) is 21.6 Å². The van der Waals surface area contributed by atoms with Gasteiger partial charge >= 0.3 is 0 Å². The van der Waals surface area contributed by atoms with Crippen LogP contribution >= 0.6 is 11.8 Å². The molecule has 0 aromatic carbocycles. The van der Waals surface area contributed by atoms with Crippen LogP contribution in [0.5, 0.6) is 0 Å². The Bertz CT molecular complexity index is 1420. The highest BCUT2D eigenvalue weighted by Crippen LogP contribution is 2.18. The largest absolute Gasteiger partial charge is 0.323 e. The molecule has 1 amide bonds. The fourth-order valence-electron chi connectivity index (χ4n) is 3.64. The predicted molar refractivity (Wildman–Crippen MR) is 121 cm³/mol. The quantitative estimate of drug-likeness (QED) is 0.399. The van der Waals surface area contributed by atoms with Crippen LogP contribution < -0.4 is 5.32 Å². The lowest BCUT2D eigenvalue weighted by atomic mass is 10.1. The van der Waals surface area contributed by atoms with Crippen LogP contribution in [0.2, 0.25) is 0 Å². The molecule has 0 spiro atoms. The standard InChI is InChI=1S/C21H21N9OS/c1-13-17(14(2)30-20(23-13)26-21(27-30)32-3)8-19(31)25-15-9-22-29(11-15)12-16-10-28-7-5-4-6-18(28)24-16/h4-7,9-11H,8,12H2,1-3H3,(H,25,31). The van der Waals surface area contributed by atoms with Gasteiger partial charge in [0.2, 0.25) is 11.1 Å². The lowest BCUT2D eigenvalue weighted by Gasteiger charge is -2.10. The summed E-state index contributed by atoms with van der Waals surface area (Å²) in [5.74, 6) is 0.400. The minimum absolute atomic E-state index is 0.144. The van der Waals surface area contributed by atoms with E-state index in [1.807, 2.05) is 55.1 Å². The zero-order valence-electron chi connectivity index (χ0n) is 17.8. The molecule has 0 saturated carbocycles. The van der Waals surface area contributed by atoms with Crippen LogP contribution in [0.4, 0.5) is 5.69 Å². The maximum absolute atomic E-state index is 12.7. The predicted octanol–water partition coefficient (Wildman–Crippen LogP) is 2.54. The number of anilines is 1. The zero-order valence-corrected chi connectivity index (χ0v) is 18.7. The Morgan fingerprint density at radius 2 is 2.03 bits per heavy atom. The molecule has 5 aromatic rings. The average Bonchev–Trinajstić information content (AvgIpc) is 3.49. The van der Waals surface area contributed by atoms with Crippen LogP contribution in [-0.4, -0.2) is 50.9 Å². The summed E-state index contributed by atoms with van der Waals surface area (Å²) in [5.41, 5.74) is 4.88. The summed E-state index contributed by atoms with van der Waals surface area (Å²) < 4.78 is 5.41. The van der Waals surface area contributed by atoms with Crippen LogP contribution in [0.25, 0.3) is 11.4 Å². The van der Waals surface area contributed by atoms with E-state index in [-0.39, 0.29) is 12.3 Å². The molecular formula is C21H21N9OS. The van der Waals surface area contributed by atoms with Gasteiger partial charge in [0.05, 0.1) is 30.5 Å². The van der Waals surface area contributed by atoms with E-state index in [2.05, 4.69) is 30.5 Å². The van der Waals surface area contributed by atoms with E-state index < -0.39 is 0 Å². The third kappa shape index (κ3) is 3.82. The molecular weight excluding hydrogens is 426 g/mol. The van der Waals surface area contributed by atoms with Gasteiger partial charge < -0.3 is 9.72 Å². The first-order chi connectivity index (χ1) is 15.5. The summed E-state index contributed by atoms with van der Waals surface area (Å²) >= 11 is 1.46. The number of imidazole rings is 1. The van der Waals surface area contributed by atoms with Crippen molar-refractivity contribution in [3.63, 3.8) is 0 Å². The van der Waals surface area contributed by atoms with Crippen molar-refractivity contribution in [2.75, 3.05) is 11.6 Å². The lowest BCUT2D eigenvalue weighted by Crippen LogP contribution is -2.17. The number of fused-ring (bicyclic) bond motifs is 2. The number of nitrogens with one attached hydrogen (secondary N) is 1. The number of nitrogens with zero attached hydrogens (tertiary/aromatic N) is 8. The number of aromatic nitrogens is 8. The van der Waals surface area contributed by atoms with Crippen LogP contribution in [0, 0.1) is 13.8 Å². The molecule has 1 N–H and O–H groups in total. The SMILES string of the molecule is CSc1nc2nc(C)c(CC(=O)Nc3cnn(Cc4cn5ccccc5n4)c3)c(C)n2n1. The first-order valence-corrected chi connectivity index (χ1v) is 11.2. The van der Waals surface area contributed by atoms with Crippen LogP contribution in [0.15, 0.2) is 48.1 Å². The number of pyridine rings is 1. The van der Waals surface area contributed by atoms with E-state index >= 15 is 0 Å². The van der Waals surface area contributed by atoms with Crippen molar-refractivity contribution < 1.29 is 4.79 Å². The van der Waals surface area contributed by atoms with Gasteiger partial charge in [-0.1, -0.05) is 17.8 Å². The smallest absolute Gasteiger partial charge is 0.253 e. The van der Waals surface area contributed by atoms with E-state index in [0.29, 0.717) is 23.2 Å². The molecule has 0 atom stereocenters. The van der Waals surface area contributed by atoms with Crippen LogP contribution in [0.1, 0.15) is 22.6 Å². The van der Waals surface area contributed by atoms with Gasteiger partial charge in [-0.15, -0.1) is 5.10 Å². The van der Waals surface area contributed by atoms with Gasteiger partial charge in [-0.05, 0) is 32.2 Å². The number of carbonyl (C=O) groups excluding carboxylic acids is 1. The van der Waals surface area contributed by atoms with Crippen molar-refractivity contribution in [1.29, 1.82) is 0 Å². The van der Waals surface area contributed by atoms with Crippen molar-refractivity contribution in [3.05, 3.63) is 65.6 Å². The molecule has 0 aliphatic rings. The Balaban J connectivity index is 1.29. The zero-order chi connectivity index (χ0) is 22.2. The fourth-order valence-corrected chi connectivity index (χ4v) is 3.98. The maximum Gasteiger partial charge on any atom is 0.253 e. The summed E-state index contributed by atoms with van der Waals surface area (Å²) in [7, 11) is 0. The Kier molecular flexibility index (Phi) is 5.10. The topological polar surface area (TPSA) is 107 Å². The maximum atomic E-state index is 12.7. The van der Waals surface area contributed by atoms with Crippen molar-refractivity contribution >= 4 is 34.8 Å². The number of hydrogen-bond acceptors (Lipinski definition) is 7. The number of aryl methyl sites for hydroxylation is 2. The molecule has 5 heterocycles. The normalized spacial score (nSPS) is 11.5. The van der Waals surface area contributed by atoms with E-state index in [1.165, 1.54) is 11.8 Å². The number of hydrogen-bond donors (Lipinski definition) is 1. The molecule has 5 rings (SSSR count). The van der Waals surface area contributed by atoms with Gasteiger partial charge in [-0.2, -0.15) is 10.1 Å². The Morgan fingerprint density at radius 3 is 2.84 bits per heavy atom. The summed E-state index contributed by atoms with van der Waals surface area (Å²) in [6.45, 7) is 4.33. The molecule has 10 nitrogen and oxygen atoms in total. The number of thioether (sulfide) groups is 1. The number of amides is 1. The summed E-state index contributed by atoms with van der Waals surface area (Å²) in [6, 6.07) is 5.87. The highest BCUT2D eigenvalue weighted by molar-refractivity contribution is 7.98. The first-order valence-electron chi connectivity index (χ1n) is 10.0. The van der Waals surface area contributed by atoms with Gasteiger partial charge in [0.25, 0.3) is 5.78 Å². The van der Waals surface area contributed by atoms with Crippen molar-refractivity contribution in [2.45, 2.75) is 32.0 Å². The summed E-state index contributed by atoms with van der Waals surface area (Å²) in [5, 5.41) is 12.4. The molecule has 11 heteroatoms. The summed E-state index contributed by atoms with van der Waals surface area (Å²) in [6.07, 6.45) is 9.46. The second-order valence-corrected chi connectivity index (χ2v) is 8.19. The first kappa shape index (κ1) is 20.2. The molecule has 0 unspecified atom stereocenters. The third-order valence-electron chi connectivity index (χ3n) is 5.20. The fraction of sp³-hybridized carbons (Fsp3) is 0.238. The highest BCUT2D eigenvalue weighted by atomic mass is 32.2. The Labute approximate surface area is 187 Å². The lowest BCUT2D eigenvalue weighted by molar-refractivity contribution is -0.115. The van der Waals surface area contributed by atoms with Crippen molar-refractivity contribution in [1.82, 2.24) is 38.7 Å². The van der Waals surface area contributed by atoms with E-state index in [9.17, 15) is 4.79 Å². The van der Waals surface area contributed by atoms with Crippen molar-refractivity contribution in [2.24, 2.45) is 0 Å². The van der Waals surface area contributed by atoms with E-state index in [4.69, 9.17) is 0 Å². The molecule has 0 fully saturated rings. The number of rotatable bonds is 6. The van der Waals surface area contributed by atoms with Crippen LogP contribution in [-0.2, 0) is 17.8 Å². The van der Waals surface area contributed by atoms with Gasteiger partial charge in [-0.3, -0.25) is 9.48 Å². The van der Waals surface area contributed by atoms with Gasteiger partial charge in [0.15, 0.2) is 0 Å². The highest BCUT2D eigenvalue weighted by Gasteiger charge is 2.16. The molecule has 0 aliphatic heterocycles.